The summed E-state index contributed by atoms with van der Waals surface area (Å²) in [5, 5.41) is 9.67. The largest absolute Gasteiger partial charge is 0.497 e. The number of hydrogen-bond donors (Lipinski definition) is 1. The Morgan fingerprint density at radius 2 is 1.96 bits per heavy atom. The zero-order chi connectivity index (χ0) is 16.9. The molecule has 132 valence electrons. The second kappa shape index (κ2) is 7.99. The predicted molar refractivity (Wildman–Crippen MR) is 93.0 cm³/mol. The van der Waals surface area contributed by atoms with Crippen molar-refractivity contribution in [3.63, 3.8) is 0 Å². The number of ether oxygens (including phenoxy) is 1. The van der Waals surface area contributed by atoms with Gasteiger partial charge in [-0.3, -0.25) is 9.69 Å². The van der Waals surface area contributed by atoms with E-state index in [4.69, 9.17) is 4.74 Å². The first-order chi connectivity index (χ1) is 11.7. The topological polar surface area (TPSA) is 53.0 Å². The molecule has 0 bridgehead atoms. The standard InChI is InChI=1S/C19H28N2O3/c1-24-17-8-6-15(7-9-17)18-5-3-2-4-11-21(18)19(23)14-20-12-10-16(22)13-20/h6-9,16,18,22H,2-5,10-14H2,1H3/t16-,18?/m0/s1. The number of nitrogens with zero attached hydrogens (tertiary/aromatic N) is 2. The lowest BCUT2D eigenvalue weighted by Gasteiger charge is -2.32. The Morgan fingerprint density at radius 1 is 1.17 bits per heavy atom. The summed E-state index contributed by atoms with van der Waals surface area (Å²) in [7, 11) is 1.67. The summed E-state index contributed by atoms with van der Waals surface area (Å²) in [6.45, 7) is 2.68. The van der Waals surface area contributed by atoms with Gasteiger partial charge < -0.3 is 14.7 Å². The Morgan fingerprint density at radius 3 is 2.62 bits per heavy atom. The highest BCUT2D eigenvalue weighted by Gasteiger charge is 2.29. The lowest BCUT2D eigenvalue weighted by atomic mass is 10.0. The van der Waals surface area contributed by atoms with Gasteiger partial charge in [0.05, 0.1) is 25.8 Å². The molecule has 2 saturated heterocycles. The van der Waals surface area contributed by atoms with Crippen LogP contribution in [0.3, 0.4) is 0 Å². The van der Waals surface area contributed by atoms with E-state index in [1.807, 2.05) is 12.1 Å². The first-order valence-electron chi connectivity index (χ1n) is 9.01. The van der Waals surface area contributed by atoms with Crippen LogP contribution in [0.15, 0.2) is 24.3 Å². The molecule has 0 saturated carbocycles. The number of hydrogen-bond acceptors (Lipinski definition) is 4. The number of methoxy groups -OCH3 is 1. The molecule has 2 atom stereocenters. The van der Waals surface area contributed by atoms with Gasteiger partial charge in [-0.1, -0.05) is 25.0 Å². The van der Waals surface area contributed by atoms with Crippen molar-refractivity contribution < 1.29 is 14.6 Å². The lowest BCUT2D eigenvalue weighted by molar-refractivity contribution is -0.134. The highest BCUT2D eigenvalue weighted by Crippen LogP contribution is 2.31. The molecule has 0 aromatic heterocycles. The molecule has 1 aromatic rings. The van der Waals surface area contributed by atoms with Crippen LogP contribution in [0.1, 0.15) is 43.7 Å². The van der Waals surface area contributed by atoms with E-state index in [9.17, 15) is 9.90 Å². The maximum atomic E-state index is 12.9. The second-order valence-electron chi connectivity index (χ2n) is 6.90. The van der Waals surface area contributed by atoms with Crippen molar-refractivity contribution in [3.8, 4) is 5.75 Å². The second-order valence-corrected chi connectivity index (χ2v) is 6.90. The number of carbonyl (C=O) groups excluding carboxylic acids is 1. The van der Waals surface area contributed by atoms with Crippen LogP contribution in [-0.4, -0.2) is 60.2 Å². The number of amides is 1. The van der Waals surface area contributed by atoms with Crippen LogP contribution < -0.4 is 4.74 Å². The molecule has 5 heteroatoms. The van der Waals surface area contributed by atoms with Crippen LogP contribution in [0.2, 0.25) is 0 Å². The summed E-state index contributed by atoms with van der Waals surface area (Å²) in [5.74, 6) is 1.03. The normalized spacial score (nSPS) is 25.5. The van der Waals surface area contributed by atoms with Crippen LogP contribution in [0.4, 0.5) is 0 Å². The molecular formula is C19H28N2O3. The minimum Gasteiger partial charge on any atom is -0.497 e. The molecule has 1 aromatic carbocycles. The van der Waals surface area contributed by atoms with Crippen molar-refractivity contribution >= 4 is 5.91 Å². The van der Waals surface area contributed by atoms with Gasteiger partial charge in [0.25, 0.3) is 0 Å². The molecule has 1 amide bonds. The first-order valence-corrected chi connectivity index (χ1v) is 9.01. The Labute approximate surface area is 144 Å². The van der Waals surface area contributed by atoms with Crippen LogP contribution in [0, 0.1) is 0 Å². The van der Waals surface area contributed by atoms with Crippen molar-refractivity contribution in [2.75, 3.05) is 33.3 Å². The fourth-order valence-electron chi connectivity index (χ4n) is 3.82. The van der Waals surface area contributed by atoms with Crippen molar-refractivity contribution in [3.05, 3.63) is 29.8 Å². The van der Waals surface area contributed by atoms with Gasteiger partial charge in [-0.05, 0) is 37.0 Å². The number of aliphatic hydroxyl groups is 1. The minimum absolute atomic E-state index is 0.151. The molecule has 2 fully saturated rings. The van der Waals surface area contributed by atoms with E-state index < -0.39 is 0 Å². The van der Waals surface area contributed by atoms with Crippen LogP contribution in [0.25, 0.3) is 0 Å². The third-order valence-corrected chi connectivity index (χ3v) is 5.18. The predicted octanol–water partition coefficient (Wildman–Crippen LogP) is 2.21. The smallest absolute Gasteiger partial charge is 0.237 e. The quantitative estimate of drug-likeness (QED) is 0.918. The van der Waals surface area contributed by atoms with Crippen LogP contribution >= 0.6 is 0 Å². The maximum absolute atomic E-state index is 12.9. The van der Waals surface area contributed by atoms with Gasteiger partial charge in [-0.2, -0.15) is 0 Å². The SMILES string of the molecule is COc1ccc(C2CCCCCN2C(=O)CN2CC[C@H](O)C2)cc1. The number of carbonyl (C=O) groups is 1. The molecule has 2 heterocycles. The van der Waals surface area contributed by atoms with Gasteiger partial charge >= 0.3 is 0 Å². The lowest BCUT2D eigenvalue weighted by Crippen LogP contribution is -2.41. The Kier molecular flexibility index (Phi) is 5.74. The fraction of sp³-hybridized carbons (Fsp3) is 0.632. The third kappa shape index (κ3) is 4.08. The van der Waals surface area contributed by atoms with E-state index >= 15 is 0 Å². The molecule has 0 aliphatic carbocycles. The van der Waals surface area contributed by atoms with E-state index in [1.54, 1.807) is 7.11 Å². The highest BCUT2D eigenvalue weighted by atomic mass is 16.5. The Balaban J connectivity index is 1.72. The summed E-state index contributed by atoms with van der Waals surface area (Å²) in [4.78, 5) is 17.0. The minimum atomic E-state index is -0.278. The van der Waals surface area contributed by atoms with Crippen molar-refractivity contribution in [1.29, 1.82) is 0 Å². The zero-order valence-corrected chi connectivity index (χ0v) is 14.5. The fourth-order valence-corrected chi connectivity index (χ4v) is 3.82. The molecule has 2 aliphatic rings. The van der Waals surface area contributed by atoms with Gasteiger partial charge in [0.1, 0.15) is 5.75 Å². The highest BCUT2D eigenvalue weighted by molar-refractivity contribution is 5.79. The number of rotatable bonds is 4. The summed E-state index contributed by atoms with van der Waals surface area (Å²) >= 11 is 0. The average Bonchev–Trinajstić information content (AvgIpc) is 2.86. The van der Waals surface area contributed by atoms with Crippen molar-refractivity contribution in [2.45, 2.75) is 44.2 Å². The molecule has 2 aliphatic heterocycles. The van der Waals surface area contributed by atoms with E-state index in [0.29, 0.717) is 13.1 Å². The van der Waals surface area contributed by atoms with Crippen molar-refractivity contribution in [1.82, 2.24) is 9.80 Å². The van der Waals surface area contributed by atoms with Gasteiger partial charge in [0, 0.05) is 19.6 Å². The van der Waals surface area contributed by atoms with Gasteiger partial charge in [0.15, 0.2) is 0 Å². The van der Waals surface area contributed by atoms with Crippen LogP contribution in [0.5, 0.6) is 5.75 Å². The maximum Gasteiger partial charge on any atom is 0.237 e. The number of β-amino-alcohol motifs (C(OH)–C–C–N with tert-alkyl or cyclic N) is 1. The molecule has 1 N–H and O–H groups in total. The monoisotopic (exact) mass is 332 g/mol. The molecule has 0 spiro atoms. The summed E-state index contributed by atoms with van der Waals surface area (Å²) in [6.07, 6.45) is 4.91. The van der Waals surface area contributed by atoms with Gasteiger partial charge in [-0.25, -0.2) is 0 Å². The van der Waals surface area contributed by atoms with Crippen molar-refractivity contribution in [2.24, 2.45) is 0 Å². The molecule has 0 radical (unpaired) electrons. The Bertz CT molecular complexity index is 546. The summed E-state index contributed by atoms with van der Waals surface area (Å²) < 4.78 is 5.24. The molecule has 24 heavy (non-hydrogen) atoms. The van der Waals surface area contributed by atoms with E-state index in [-0.39, 0.29) is 18.1 Å². The van der Waals surface area contributed by atoms with E-state index in [2.05, 4.69) is 21.9 Å². The number of aliphatic hydroxyl groups excluding tert-OH is 1. The summed E-state index contributed by atoms with van der Waals surface area (Å²) in [6, 6.07) is 8.25. The average molecular weight is 332 g/mol. The van der Waals surface area contributed by atoms with Gasteiger partial charge in [-0.15, -0.1) is 0 Å². The Hall–Kier alpha value is -1.59. The molecule has 3 rings (SSSR count). The number of benzene rings is 1. The molecular weight excluding hydrogens is 304 g/mol. The van der Waals surface area contributed by atoms with Crippen LogP contribution in [-0.2, 0) is 4.79 Å². The zero-order valence-electron chi connectivity index (χ0n) is 14.5. The summed E-state index contributed by atoms with van der Waals surface area (Å²) in [5.41, 5.74) is 1.19. The third-order valence-electron chi connectivity index (χ3n) is 5.18. The first kappa shape index (κ1) is 17.2. The van der Waals surface area contributed by atoms with E-state index in [0.717, 1.165) is 44.5 Å². The molecule has 5 nitrogen and oxygen atoms in total. The molecule has 1 unspecified atom stereocenters. The number of likely N-dealkylation sites (tertiary alicyclic amines) is 2. The van der Waals surface area contributed by atoms with Gasteiger partial charge in [0.2, 0.25) is 5.91 Å². The van der Waals surface area contributed by atoms with E-state index in [1.165, 1.54) is 12.0 Å².